The van der Waals surface area contributed by atoms with Gasteiger partial charge in [-0.2, -0.15) is 0 Å². The van der Waals surface area contributed by atoms with Crippen LogP contribution in [0.1, 0.15) is 23.3 Å². The normalized spacial score (nSPS) is 19.0. The van der Waals surface area contributed by atoms with Crippen molar-refractivity contribution in [2.45, 2.75) is 18.9 Å². The standard InChI is InChI=1S/C16H18ClN3O/c1-20-8-4-5-11(20)10-18-16(21)15-9-13(17)12-6-2-3-7-14(12)19-15/h2-3,6-7,9,11H,4-5,8,10H2,1H3,(H,18,21). The first-order chi connectivity index (χ1) is 10.1. The molecule has 0 aliphatic carbocycles. The predicted molar refractivity (Wildman–Crippen MR) is 84.7 cm³/mol. The molecule has 1 saturated heterocycles. The summed E-state index contributed by atoms with van der Waals surface area (Å²) in [5.41, 5.74) is 1.12. The molecule has 2 aromatic rings. The van der Waals surface area contributed by atoms with E-state index in [1.165, 1.54) is 6.42 Å². The molecule has 5 heteroatoms. The Morgan fingerprint density at radius 2 is 2.29 bits per heavy atom. The van der Waals surface area contributed by atoms with Crippen LogP contribution in [0.4, 0.5) is 0 Å². The number of aromatic nitrogens is 1. The summed E-state index contributed by atoms with van der Waals surface area (Å²) >= 11 is 6.23. The zero-order chi connectivity index (χ0) is 14.8. The molecule has 1 aliphatic heterocycles. The highest BCUT2D eigenvalue weighted by Gasteiger charge is 2.21. The number of likely N-dealkylation sites (N-methyl/N-ethyl adjacent to an activating group) is 1. The van der Waals surface area contributed by atoms with E-state index < -0.39 is 0 Å². The Morgan fingerprint density at radius 1 is 1.48 bits per heavy atom. The molecule has 2 heterocycles. The molecule has 110 valence electrons. The summed E-state index contributed by atoms with van der Waals surface area (Å²) < 4.78 is 0. The lowest BCUT2D eigenvalue weighted by atomic mass is 10.2. The third-order valence-electron chi connectivity index (χ3n) is 4.07. The molecule has 1 aromatic carbocycles. The molecule has 4 nitrogen and oxygen atoms in total. The minimum Gasteiger partial charge on any atom is -0.349 e. The molecule has 1 atom stereocenters. The van der Waals surface area contributed by atoms with E-state index in [0.717, 1.165) is 23.9 Å². The highest BCUT2D eigenvalue weighted by Crippen LogP contribution is 2.22. The quantitative estimate of drug-likeness (QED) is 0.948. The fraction of sp³-hybridized carbons (Fsp3) is 0.375. The molecule has 0 bridgehead atoms. The minimum atomic E-state index is -0.164. The maximum absolute atomic E-state index is 12.3. The zero-order valence-corrected chi connectivity index (χ0v) is 12.7. The van der Waals surface area contributed by atoms with Gasteiger partial charge in [0.2, 0.25) is 0 Å². The molecule has 1 unspecified atom stereocenters. The van der Waals surface area contributed by atoms with E-state index >= 15 is 0 Å². The van der Waals surface area contributed by atoms with Gasteiger partial charge in [0.15, 0.2) is 0 Å². The fourth-order valence-corrected chi connectivity index (χ4v) is 3.05. The van der Waals surface area contributed by atoms with Crippen LogP contribution in [0.2, 0.25) is 5.02 Å². The summed E-state index contributed by atoms with van der Waals surface area (Å²) in [4.78, 5) is 18.9. The van der Waals surface area contributed by atoms with Crippen LogP contribution in [-0.2, 0) is 0 Å². The van der Waals surface area contributed by atoms with Crippen LogP contribution in [0.3, 0.4) is 0 Å². The van der Waals surface area contributed by atoms with Crippen LogP contribution in [0.25, 0.3) is 10.9 Å². The van der Waals surface area contributed by atoms with Crippen LogP contribution in [0.5, 0.6) is 0 Å². The first-order valence-corrected chi connectivity index (χ1v) is 7.56. The third kappa shape index (κ3) is 3.01. The number of rotatable bonds is 3. The molecule has 21 heavy (non-hydrogen) atoms. The highest BCUT2D eigenvalue weighted by atomic mass is 35.5. The topological polar surface area (TPSA) is 45.2 Å². The number of hydrogen-bond donors (Lipinski definition) is 1. The van der Waals surface area contributed by atoms with Gasteiger partial charge in [-0.3, -0.25) is 4.79 Å². The Morgan fingerprint density at radius 3 is 3.05 bits per heavy atom. The fourth-order valence-electron chi connectivity index (χ4n) is 2.79. The number of nitrogens with one attached hydrogen (secondary N) is 1. The minimum absolute atomic E-state index is 0.164. The highest BCUT2D eigenvalue weighted by molar-refractivity contribution is 6.35. The van der Waals surface area contributed by atoms with Gasteiger partial charge in [-0.1, -0.05) is 29.8 Å². The number of halogens is 1. The van der Waals surface area contributed by atoms with Gasteiger partial charge < -0.3 is 10.2 Å². The van der Waals surface area contributed by atoms with Crippen molar-refractivity contribution in [2.24, 2.45) is 0 Å². The maximum atomic E-state index is 12.3. The number of carbonyl (C=O) groups excluding carboxylic acids is 1. The second-order valence-corrected chi connectivity index (χ2v) is 5.90. The molecular formula is C16H18ClN3O. The molecule has 0 spiro atoms. The molecule has 3 rings (SSSR count). The number of amides is 1. The van der Waals surface area contributed by atoms with E-state index in [9.17, 15) is 4.79 Å². The van der Waals surface area contributed by atoms with Crippen molar-refractivity contribution in [1.82, 2.24) is 15.2 Å². The molecule has 1 N–H and O–H groups in total. The predicted octanol–water partition coefficient (Wildman–Crippen LogP) is 2.71. The number of para-hydroxylation sites is 1. The molecule has 1 aromatic heterocycles. The van der Waals surface area contributed by atoms with Gasteiger partial charge in [0.25, 0.3) is 5.91 Å². The Balaban J connectivity index is 1.75. The van der Waals surface area contributed by atoms with E-state index in [1.807, 2.05) is 24.3 Å². The zero-order valence-electron chi connectivity index (χ0n) is 12.0. The van der Waals surface area contributed by atoms with Gasteiger partial charge in [0.05, 0.1) is 10.5 Å². The third-order valence-corrected chi connectivity index (χ3v) is 4.38. The average Bonchev–Trinajstić information content (AvgIpc) is 2.90. The number of carbonyl (C=O) groups is 1. The van der Waals surface area contributed by atoms with Crippen LogP contribution < -0.4 is 5.32 Å². The second-order valence-electron chi connectivity index (χ2n) is 5.49. The van der Waals surface area contributed by atoms with Crippen molar-refractivity contribution in [3.8, 4) is 0 Å². The van der Waals surface area contributed by atoms with Crippen LogP contribution in [-0.4, -0.2) is 42.0 Å². The van der Waals surface area contributed by atoms with Crippen molar-refractivity contribution >= 4 is 28.4 Å². The Labute approximate surface area is 129 Å². The smallest absolute Gasteiger partial charge is 0.270 e. The largest absolute Gasteiger partial charge is 0.349 e. The van der Waals surface area contributed by atoms with E-state index in [1.54, 1.807) is 6.07 Å². The summed E-state index contributed by atoms with van der Waals surface area (Å²) in [6.07, 6.45) is 2.32. The number of nitrogens with zero attached hydrogens (tertiary/aromatic N) is 2. The summed E-state index contributed by atoms with van der Waals surface area (Å²) in [6.45, 7) is 1.75. The number of likely N-dealkylation sites (tertiary alicyclic amines) is 1. The Hall–Kier alpha value is -1.65. The van der Waals surface area contributed by atoms with Crippen LogP contribution in [0, 0.1) is 0 Å². The van der Waals surface area contributed by atoms with Crippen molar-refractivity contribution in [2.75, 3.05) is 20.1 Å². The molecule has 1 amide bonds. The van der Waals surface area contributed by atoms with E-state index in [2.05, 4.69) is 22.2 Å². The van der Waals surface area contributed by atoms with Crippen molar-refractivity contribution in [3.05, 3.63) is 41.0 Å². The lowest BCUT2D eigenvalue weighted by Gasteiger charge is -2.19. The van der Waals surface area contributed by atoms with Crippen LogP contribution in [0.15, 0.2) is 30.3 Å². The summed E-state index contributed by atoms with van der Waals surface area (Å²) in [5, 5.41) is 4.39. The van der Waals surface area contributed by atoms with Gasteiger partial charge in [-0.15, -0.1) is 0 Å². The SMILES string of the molecule is CN1CCCC1CNC(=O)c1cc(Cl)c2ccccc2n1. The first-order valence-electron chi connectivity index (χ1n) is 7.19. The summed E-state index contributed by atoms with van der Waals surface area (Å²) in [5.74, 6) is -0.164. The molecule has 0 radical (unpaired) electrons. The van der Waals surface area contributed by atoms with Gasteiger partial charge in [-0.05, 0) is 38.6 Å². The van der Waals surface area contributed by atoms with Gasteiger partial charge in [0, 0.05) is 18.0 Å². The Bertz CT molecular complexity index is 674. The molecule has 0 saturated carbocycles. The van der Waals surface area contributed by atoms with Crippen molar-refractivity contribution < 1.29 is 4.79 Å². The van der Waals surface area contributed by atoms with Crippen molar-refractivity contribution in [1.29, 1.82) is 0 Å². The second kappa shape index (κ2) is 6.00. The number of benzene rings is 1. The average molecular weight is 304 g/mol. The summed E-state index contributed by atoms with van der Waals surface area (Å²) in [6, 6.07) is 9.62. The Kier molecular flexibility index (Phi) is 4.08. The van der Waals surface area contributed by atoms with Gasteiger partial charge in [-0.25, -0.2) is 4.98 Å². The van der Waals surface area contributed by atoms with E-state index in [0.29, 0.717) is 23.3 Å². The molecule has 1 aliphatic rings. The number of fused-ring (bicyclic) bond motifs is 1. The molecular weight excluding hydrogens is 286 g/mol. The van der Waals surface area contributed by atoms with Crippen LogP contribution >= 0.6 is 11.6 Å². The number of pyridine rings is 1. The lowest BCUT2D eigenvalue weighted by Crippen LogP contribution is -2.38. The van der Waals surface area contributed by atoms with E-state index in [4.69, 9.17) is 11.6 Å². The summed E-state index contributed by atoms with van der Waals surface area (Å²) in [7, 11) is 2.09. The monoisotopic (exact) mass is 303 g/mol. The van der Waals surface area contributed by atoms with E-state index in [-0.39, 0.29) is 5.91 Å². The number of hydrogen-bond acceptors (Lipinski definition) is 3. The maximum Gasteiger partial charge on any atom is 0.270 e. The lowest BCUT2D eigenvalue weighted by molar-refractivity contribution is 0.0939. The first kappa shape index (κ1) is 14.3. The van der Waals surface area contributed by atoms with Gasteiger partial charge in [0.1, 0.15) is 5.69 Å². The van der Waals surface area contributed by atoms with Crippen molar-refractivity contribution in [3.63, 3.8) is 0 Å². The molecule has 1 fully saturated rings. The van der Waals surface area contributed by atoms with Gasteiger partial charge >= 0.3 is 0 Å².